The zero-order valence-corrected chi connectivity index (χ0v) is 20.2. The van der Waals surface area contributed by atoms with Crippen LogP contribution in [0.5, 0.6) is 0 Å². The summed E-state index contributed by atoms with van der Waals surface area (Å²) >= 11 is 0. The molecule has 1 fully saturated rings. The topological polar surface area (TPSA) is 35.2 Å². The molecule has 1 N–H and O–H groups in total. The number of aromatic nitrogens is 2. The van der Waals surface area contributed by atoms with Gasteiger partial charge in [-0.05, 0) is 36.2 Å². The zero-order valence-electron chi connectivity index (χ0n) is 17.4. The minimum atomic E-state index is 0. The van der Waals surface area contributed by atoms with Crippen LogP contribution in [0.25, 0.3) is 22.4 Å². The van der Waals surface area contributed by atoms with Gasteiger partial charge in [-0.2, -0.15) is 0 Å². The van der Waals surface area contributed by atoms with Gasteiger partial charge < -0.3 is 14.8 Å². The average Bonchev–Trinajstić information content (AvgIpc) is 3.12. The van der Waals surface area contributed by atoms with Crippen molar-refractivity contribution in [1.82, 2.24) is 14.9 Å². The number of nitrogens with one attached hydrogen (secondary N) is 1. The molecule has 0 unspecified atom stereocenters. The number of benzene rings is 2. The summed E-state index contributed by atoms with van der Waals surface area (Å²) in [5.41, 5.74) is 6.01. The van der Waals surface area contributed by atoms with Gasteiger partial charge in [0.15, 0.2) is 0 Å². The van der Waals surface area contributed by atoms with Gasteiger partial charge in [0.2, 0.25) is 0 Å². The van der Waals surface area contributed by atoms with Crippen molar-refractivity contribution in [3.05, 3.63) is 54.6 Å². The number of hydrogen-bond acceptors (Lipinski definition) is 3. The maximum atomic E-state index is 4.96. The number of fused-ring (bicyclic) bond motifs is 1. The number of hydrogen-bond donors (Lipinski definition) is 1. The molecule has 0 amide bonds. The van der Waals surface area contributed by atoms with Gasteiger partial charge in [0.25, 0.3) is 0 Å². The second-order valence-electron chi connectivity index (χ2n) is 8.34. The van der Waals surface area contributed by atoms with Crippen LogP contribution in [0.3, 0.4) is 0 Å². The molecule has 28 heavy (non-hydrogen) atoms. The molecule has 0 spiro atoms. The third-order valence-corrected chi connectivity index (χ3v) is 5.48. The van der Waals surface area contributed by atoms with Crippen molar-refractivity contribution in [2.45, 2.75) is 33.1 Å². The molecule has 4 nitrogen and oxygen atoms in total. The van der Waals surface area contributed by atoms with E-state index in [1.165, 1.54) is 11.3 Å². The Balaban J connectivity index is 0.00000225. The van der Waals surface area contributed by atoms with E-state index in [2.05, 4.69) is 91.5 Å². The fraction of sp³-hybridized carbons (Fsp3) is 0.391. The van der Waals surface area contributed by atoms with E-state index in [0.29, 0.717) is 0 Å². The third-order valence-electron chi connectivity index (χ3n) is 5.48. The first-order valence-corrected chi connectivity index (χ1v) is 9.87. The number of likely N-dealkylation sites (N-methyl/N-ethyl adjacent to an activating group) is 1. The van der Waals surface area contributed by atoms with Crippen LogP contribution in [0.15, 0.2) is 42.5 Å². The summed E-state index contributed by atoms with van der Waals surface area (Å²) < 4.78 is 0. The Morgan fingerprint density at radius 1 is 1.07 bits per heavy atom. The van der Waals surface area contributed by atoms with E-state index in [0.717, 1.165) is 48.6 Å². The van der Waals surface area contributed by atoms with Crippen LogP contribution in [0.2, 0.25) is 0 Å². The van der Waals surface area contributed by atoms with Gasteiger partial charge in [-0.15, -0.1) is 0 Å². The van der Waals surface area contributed by atoms with E-state index in [1.807, 2.05) is 0 Å². The van der Waals surface area contributed by atoms with Crippen molar-refractivity contribution >= 4 is 16.7 Å². The summed E-state index contributed by atoms with van der Waals surface area (Å²) in [4.78, 5) is 13.3. The number of para-hydroxylation sites is 1. The van der Waals surface area contributed by atoms with E-state index in [9.17, 15) is 0 Å². The van der Waals surface area contributed by atoms with Gasteiger partial charge in [0, 0.05) is 44.8 Å². The second-order valence-corrected chi connectivity index (χ2v) is 8.34. The predicted molar refractivity (Wildman–Crippen MR) is 114 cm³/mol. The van der Waals surface area contributed by atoms with Gasteiger partial charge in [-0.3, -0.25) is 0 Å². The van der Waals surface area contributed by atoms with Crippen molar-refractivity contribution in [1.29, 1.82) is 0 Å². The van der Waals surface area contributed by atoms with Crippen LogP contribution in [-0.4, -0.2) is 41.0 Å². The third kappa shape index (κ3) is 4.34. The Morgan fingerprint density at radius 2 is 1.82 bits per heavy atom. The van der Waals surface area contributed by atoms with Crippen LogP contribution in [0.1, 0.15) is 33.3 Å². The van der Waals surface area contributed by atoms with Crippen molar-refractivity contribution < 1.29 is 32.7 Å². The monoisotopic (exact) mass is 450 g/mol. The summed E-state index contributed by atoms with van der Waals surface area (Å²) in [5, 5.41) is 0. The molecule has 0 atom stereocenters. The first-order chi connectivity index (χ1) is 13.0. The molecule has 3 aromatic rings. The van der Waals surface area contributed by atoms with Crippen molar-refractivity contribution in [2.24, 2.45) is 0 Å². The number of H-pyrrole nitrogens is 1. The van der Waals surface area contributed by atoms with Crippen LogP contribution in [-0.2, 0) is 38.1 Å². The predicted octanol–water partition coefficient (Wildman–Crippen LogP) is 4.83. The molecule has 0 aliphatic carbocycles. The molecular formula is C23H29N4Y-. The van der Waals surface area contributed by atoms with Crippen LogP contribution in [0, 0.1) is 6.54 Å². The number of imidazole rings is 1. The first-order valence-electron chi connectivity index (χ1n) is 9.87. The van der Waals surface area contributed by atoms with E-state index in [4.69, 9.17) is 4.98 Å². The van der Waals surface area contributed by atoms with Crippen molar-refractivity contribution in [3.63, 3.8) is 0 Å². The minimum Gasteiger partial charge on any atom is -0.454 e. The molecule has 1 aromatic heterocycles. The molecule has 2 heterocycles. The van der Waals surface area contributed by atoms with Gasteiger partial charge in [0.1, 0.15) is 11.3 Å². The zero-order chi connectivity index (χ0) is 19.0. The molecule has 2 aromatic carbocycles. The Hall–Kier alpha value is -1.23. The summed E-state index contributed by atoms with van der Waals surface area (Å²) in [6.07, 6.45) is 0. The molecule has 0 bridgehead atoms. The van der Waals surface area contributed by atoms with Crippen molar-refractivity contribution in [3.8, 4) is 11.4 Å². The summed E-state index contributed by atoms with van der Waals surface area (Å²) in [6.45, 7) is 15.3. The number of nitrogens with zero attached hydrogens (tertiary/aromatic N) is 3. The SMILES string of the molecule is CCN1[CH-]CN(c2cccc3[nH]c(-c4ccc(C(C)(C)C)cc4)nc23)CC1.[Y]. The molecule has 5 heteroatoms. The smallest absolute Gasteiger partial charge is 0.138 e. The Kier molecular flexibility index (Phi) is 6.63. The summed E-state index contributed by atoms with van der Waals surface area (Å²) in [6, 6.07) is 15.2. The maximum absolute atomic E-state index is 4.96. The van der Waals surface area contributed by atoms with Crippen LogP contribution >= 0.6 is 0 Å². The number of anilines is 1. The molecule has 1 saturated heterocycles. The fourth-order valence-electron chi connectivity index (χ4n) is 3.69. The normalized spacial score (nSPS) is 15.6. The molecule has 1 aliphatic heterocycles. The van der Waals surface area contributed by atoms with Gasteiger partial charge in [-0.1, -0.05) is 64.6 Å². The quantitative estimate of drug-likeness (QED) is 0.581. The first kappa shape index (κ1) is 21.5. The largest absolute Gasteiger partial charge is 0.454 e. The van der Waals surface area contributed by atoms with Gasteiger partial charge in [-0.25, -0.2) is 11.5 Å². The average molecular weight is 450 g/mol. The molecular weight excluding hydrogens is 421 g/mol. The Labute approximate surface area is 193 Å². The van der Waals surface area contributed by atoms with E-state index >= 15 is 0 Å². The molecule has 0 saturated carbocycles. The minimum absolute atomic E-state index is 0. The van der Waals surface area contributed by atoms with Crippen molar-refractivity contribution in [2.75, 3.05) is 31.1 Å². The molecule has 1 aliphatic rings. The molecule has 1 radical (unpaired) electrons. The van der Waals surface area contributed by atoms with E-state index in [-0.39, 0.29) is 38.1 Å². The van der Waals surface area contributed by atoms with Gasteiger partial charge >= 0.3 is 0 Å². The van der Waals surface area contributed by atoms with E-state index in [1.54, 1.807) is 0 Å². The summed E-state index contributed by atoms with van der Waals surface area (Å²) in [7, 11) is 0. The summed E-state index contributed by atoms with van der Waals surface area (Å²) in [5.74, 6) is 0.939. The Bertz CT molecular complexity index is 916. The second kappa shape index (κ2) is 8.65. The Morgan fingerprint density at radius 3 is 2.43 bits per heavy atom. The van der Waals surface area contributed by atoms with Crippen LogP contribution < -0.4 is 4.90 Å². The number of rotatable bonds is 3. The number of piperazine rings is 1. The molecule has 4 rings (SSSR count). The molecule has 145 valence electrons. The van der Waals surface area contributed by atoms with Gasteiger partial charge in [0.05, 0.1) is 11.2 Å². The van der Waals surface area contributed by atoms with Crippen LogP contribution in [0.4, 0.5) is 5.69 Å². The van der Waals surface area contributed by atoms with E-state index < -0.39 is 0 Å². The maximum Gasteiger partial charge on any atom is 0.138 e. The standard InChI is InChI=1S/C23H29N4.Y/c1-5-26-13-15-27(16-14-26)20-8-6-7-19-21(20)25-22(24-19)17-9-11-18(12-10-17)23(2,3)4;/h6-13H,5,14-16H2,1-4H3,(H,24,25);/q-1;. The number of aromatic amines is 1. The fourth-order valence-corrected chi connectivity index (χ4v) is 3.69.